The molecule has 0 spiro atoms. The minimum Gasteiger partial charge on any atom is -0.464 e. The lowest BCUT2D eigenvalue weighted by molar-refractivity contribution is 0.152. The summed E-state index contributed by atoms with van der Waals surface area (Å²) in [5, 5.41) is 9.17. The minimum atomic E-state index is -0.569. The monoisotopic (exact) mass is 169 g/mol. The van der Waals surface area contributed by atoms with Crippen molar-refractivity contribution in [2.75, 3.05) is 0 Å². The third kappa shape index (κ3) is 1.87. The van der Waals surface area contributed by atoms with E-state index in [0.717, 1.165) is 12.2 Å². The molecule has 0 aliphatic rings. The number of aliphatic hydroxyl groups is 1. The predicted octanol–water partition coefficient (Wildman–Crippen LogP) is 1.22. The number of aliphatic hydroxyl groups excluding tert-OH is 1. The summed E-state index contributed by atoms with van der Waals surface area (Å²) < 4.78 is 5.37. The van der Waals surface area contributed by atoms with Crippen molar-refractivity contribution in [2.24, 2.45) is 5.73 Å². The van der Waals surface area contributed by atoms with Gasteiger partial charge >= 0.3 is 0 Å². The van der Waals surface area contributed by atoms with Crippen LogP contribution in [0.3, 0.4) is 0 Å². The molecule has 0 radical (unpaired) electrons. The standard InChI is InChI=1S/C9H15NO2/c1-3-7-4-5-8(12-7)9(10)6(2)11/h4-6,9,11H,3,10H2,1-2H3. The zero-order chi connectivity index (χ0) is 9.14. The molecule has 0 aliphatic carbocycles. The van der Waals surface area contributed by atoms with Crippen LogP contribution < -0.4 is 5.73 Å². The van der Waals surface area contributed by atoms with E-state index in [9.17, 15) is 5.11 Å². The molecule has 0 aromatic carbocycles. The molecular weight excluding hydrogens is 154 g/mol. The Balaban J connectivity index is 2.74. The summed E-state index contributed by atoms with van der Waals surface area (Å²) in [6, 6.07) is 3.29. The highest BCUT2D eigenvalue weighted by atomic mass is 16.3. The highest BCUT2D eigenvalue weighted by Crippen LogP contribution is 2.17. The van der Waals surface area contributed by atoms with Gasteiger partial charge in [0, 0.05) is 6.42 Å². The van der Waals surface area contributed by atoms with E-state index in [4.69, 9.17) is 10.2 Å². The van der Waals surface area contributed by atoms with E-state index in [-0.39, 0.29) is 0 Å². The topological polar surface area (TPSA) is 59.4 Å². The second-order valence-electron chi connectivity index (χ2n) is 2.92. The second-order valence-corrected chi connectivity index (χ2v) is 2.92. The summed E-state index contributed by atoms with van der Waals surface area (Å²) in [7, 11) is 0. The van der Waals surface area contributed by atoms with Crippen molar-refractivity contribution < 1.29 is 9.52 Å². The van der Waals surface area contributed by atoms with Gasteiger partial charge in [-0.1, -0.05) is 6.92 Å². The van der Waals surface area contributed by atoms with E-state index in [1.54, 1.807) is 6.92 Å². The fourth-order valence-corrected chi connectivity index (χ4v) is 1.00. The van der Waals surface area contributed by atoms with Crippen LogP contribution in [-0.4, -0.2) is 11.2 Å². The van der Waals surface area contributed by atoms with Gasteiger partial charge in [-0.25, -0.2) is 0 Å². The Kier molecular flexibility index (Phi) is 2.89. The van der Waals surface area contributed by atoms with Crippen molar-refractivity contribution in [3.63, 3.8) is 0 Å². The van der Waals surface area contributed by atoms with Crippen LogP contribution in [0.1, 0.15) is 31.4 Å². The Morgan fingerprint density at radius 1 is 1.58 bits per heavy atom. The van der Waals surface area contributed by atoms with Gasteiger partial charge in [0.05, 0.1) is 12.1 Å². The summed E-state index contributed by atoms with van der Waals surface area (Å²) in [5.74, 6) is 1.56. The van der Waals surface area contributed by atoms with E-state index in [1.165, 1.54) is 0 Å². The molecule has 3 N–H and O–H groups in total. The molecule has 2 atom stereocenters. The van der Waals surface area contributed by atoms with Crippen molar-refractivity contribution in [1.29, 1.82) is 0 Å². The lowest BCUT2D eigenvalue weighted by atomic mass is 10.1. The SMILES string of the molecule is CCc1ccc(C(N)C(C)O)o1. The molecule has 3 nitrogen and oxygen atoms in total. The maximum Gasteiger partial charge on any atom is 0.123 e. The number of hydrogen-bond acceptors (Lipinski definition) is 3. The Bertz CT molecular complexity index is 242. The smallest absolute Gasteiger partial charge is 0.123 e. The Hall–Kier alpha value is -0.800. The molecule has 0 bridgehead atoms. The summed E-state index contributed by atoms with van der Waals surface area (Å²) >= 11 is 0. The first-order valence-electron chi connectivity index (χ1n) is 4.17. The molecule has 1 heterocycles. The fraction of sp³-hybridized carbons (Fsp3) is 0.556. The van der Waals surface area contributed by atoms with Gasteiger partial charge < -0.3 is 15.3 Å². The van der Waals surface area contributed by atoms with Crippen LogP contribution in [0.2, 0.25) is 0 Å². The van der Waals surface area contributed by atoms with Gasteiger partial charge in [0.1, 0.15) is 11.5 Å². The quantitative estimate of drug-likeness (QED) is 0.715. The van der Waals surface area contributed by atoms with Gasteiger partial charge in [-0.3, -0.25) is 0 Å². The normalized spacial score (nSPS) is 16.0. The molecule has 0 aliphatic heterocycles. The van der Waals surface area contributed by atoms with E-state index in [1.807, 2.05) is 19.1 Å². The van der Waals surface area contributed by atoms with Crippen LogP contribution in [-0.2, 0) is 6.42 Å². The Morgan fingerprint density at radius 3 is 2.67 bits per heavy atom. The molecule has 3 heteroatoms. The van der Waals surface area contributed by atoms with Crippen LogP contribution in [0.25, 0.3) is 0 Å². The van der Waals surface area contributed by atoms with Crippen LogP contribution in [0.15, 0.2) is 16.5 Å². The first kappa shape index (κ1) is 9.29. The minimum absolute atomic E-state index is 0.412. The highest BCUT2D eigenvalue weighted by molar-refractivity contribution is 5.11. The van der Waals surface area contributed by atoms with Gasteiger partial charge in [-0.15, -0.1) is 0 Å². The molecule has 1 rings (SSSR count). The van der Waals surface area contributed by atoms with E-state index in [2.05, 4.69) is 0 Å². The maximum atomic E-state index is 9.17. The van der Waals surface area contributed by atoms with Crippen LogP contribution in [0.5, 0.6) is 0 Å². The van der Waals surface area contributed by atoms with Gasteiger partial charge in [0.2, 0.25) is 0 Å². The summed E-state index contributed by atoms with van der Waals surface area (Å²) in [6.45, 7) is 3.66. The highest BCUT2D eigenvalue weighted by Gasteiger charge is 2.15. The third-order valence-corrected chi connectivity index (χ3v) is 1.88. The maximum absolute atomic E-state index is 9.17. The summed E-state index contributed by atoms with van der Waals surface area (Å²) in [6.07, 6.45) is 0.285. The van der Waals surface area contributed by atoms with Crippen molar-refractivity contribution in [1.82, 2.24) is 0 Å². The van der Waals surface area contributed by atoms with Gasteiger partial charge in [0.25, 0.3) is 0 Å². The molecular formula is C9H15NO2. The number of nitrogens with two attached hydrogens (primary N) is 1. The zero-order valence-electron chi connectivity index (χ0n) is 7.45. The number of aryl methyl sites for hydroxylation is 1. The number of furan rings is 1. The zero-order valence-corrected chi connectivity index (χ0v) is 7.45. The Morgan fingerprint density at radius 2 is 2.25 bits per heavy atom. The molecule has 0 saturated heterocycles. The fourth-order valence-electron chi connectivity index (χ4n) is 1.00. The van der Waals surface area contributed by atoms with Gasteiger partial charge in [-0.05, 0) is 19.1 Å². The summed E-state index contributed by atoms with van der Waals surface area (Å²) in [5.41, 5.74) is 5.66. The van der Waals surface area contributed by atoms with Gasteiger partial charge in [-0.2, -0.15) is 0 Å². The molecule has 68 valence electrons. The van der Waals surface area contributed by atoms with E-state index >= 15 is 0 Å². The van der Waals surface area contributed by atoms with Crippen molar-refractivity contribution >= 4 is 0 Å². The van der Waals surface area contributed by atoms with Crippen molar-refractivity contribution in [3.05, 3.63) is 23.7 Å². The number of rotatable bonds is 3. The largest absolute Gasteiger partial charge is 0.464 e. The first-order valence-corrected chi connectivity index (χ1v) is 4.17. The second kappa shape index (κ2) is 3.74. The molecule has 0 saturated carbocycles. The van der Waals surface area contributed by atoms with E-state index < -0.39 is 12.1 Å². The molecule has 0 fully saturated rings. The molecule has 1 aromatic rings. The van der Waals surface area contributed by atoms with Crippen molar-refractivity contribution in [2.45, 2.75) is 32.4 Å². The molecule has 1 aromatic heterocycles. The molecule has 2 unspecified atom stereocenters. The average molecular weight is 169 g/mol. The van der Waals surface area contributed by atoms with Crippen LogP contribution in [0.4, 0.5) is 0 Å². The number of hydrogen-bond donors (Lipinski definition) is 2. The third-order valence-electron chi connectivity index (χ3n) is 1.88. The van der Waals surface area contributed by atoms with Gasteiger partial charge in [0.15, 0.2) is 0 Å². The van der Waals surface area contributed by atoms with E-state index in [0.29, 0.717) is 5.76 Å². The predicted molar refractivity (Wildman–Crippen MR) is 46.7 cm³/mol. The lowest BCUT2D eigenvalue weighted by Gasteiger charge is -2.10. The summed E-state index contributed by atoms with van der Waals surface area (Å²) in [4.78, 5) is 0. The Labute approximate surface area is 72.2 Å². The lowest BCUT2D eigenvalue weighted by Crippen LogP contribution is -2.22. The van der Waals surface area contributed by atoms with Crippen LogP contribution in [0, 0.1) is 0 Å². The van der Waals surface area contributed by atoms with Crippen molar-refractivity contribution in [3.8, 4) is 0 Å². The molecule has 0 amide bonds. The first-order chi connectivity index (χ1) is 5.65. The average Bonchev–Trinajstić information content (AvgIpc) is 2.50. The van der Waals surface area contributed by atoms with Crippen LogP contribution >= 0.6 is 0 Å². The molecule has 12 heavy (non-hydrogen) atoms.